The van der Waals surface area contributed by atoms with Crippen molar-refractivity contribution in [3.63, 3.8) is 0 Å². The van der Waals surface area contributed by atoms with E-state index in [0.717, 1.165) is 40.4 Å². The highest BCUT2D eigenvalue weighted by molar-refractivity contribution is 7.98. The van der Waals surface area contributed by atoms with Crippen molar-refractivity contribution < 1.29 is 9.52 Å². The molecule has 28 heavy (non-hydrogen) atoms. The maximum absolute atomic E-state index is 12.9. The summed E-state index contributed by atoms with van der Waals surface area (Å²) in [6, 6.07) is 6.16. The summed E-state index contributed by atoms with van der Waals surface area (Å²) in [5.41, 5.74) is 1.82. The van der Waals surface area contributed by atoms with Gasteiger partial charge in [0.25, 0.3) is 5.56 Å². The van der Waals surface area contributed by atoms with E-state index in [2.05, 4.69) is 0 Å². The number of aromatic nitrogens is 2. The van der Waals surface area contributed by atoms with Gasteiger partial charge in [0.2, 0.25) is 0 Å². The molecule has 0 atom stereocenters. The van der Waals surface area contributed by atoms with Crippen LogP contribution in [0.15, 0.2) is 43.4 Å². The van der Waals surface area contributed by atoms with Gasteiger partial charge >= 0.3 is 5.63 Å². The maximum atomic E-state index is 12.9. The summed E-state index contributed by atoms with van der Waals surface area (Å²) in [6.45, 7) is 0. The van der Waals surface area contributed by atoms with Crippen LogP contribution in [0.25, 0.3) is 21.2 Å². The Morgan fingerprint density at radius 2 is 2.14 bits per heavy atom. The van der Waals surface area contributed by atoms with Gasteiger partial charge in [0.05, 0.1) is 5.39 Å². The lowest BCUT2D eigenvalue weighted by atomic mass is 10.1. The van der Waals surface area contributed by atoms with E-state index in [4.69, 9.17) is 9.40 Å². The second kappa shape index (κ2) is 6.49. The lowest BCUT2D eigenvalue weighted by Crippen LogP contribution is -2.20. The zero-order chi connectivity index (χ0) is 19.4. The number of aromatic hydroxyl groups is 1. The van der Waals surface area contributed by atoms with E-state index in [1.807, 2.05) is 0 Å². The molecule has 8 heteroatoms. The van der Waals surface area contributed by atoms with Crippen molar-refractivity contribution in [3.05, 3.63) is 61.0 Å². The monoisotopic (exact) mass is 412 g/mol. The molecule has 0 bridgehead atoms. The first-order valence-corrected chi connectivity index (χ1v) is 10.7. The van der Waals surface area contributed by atoms with Gasteiger partial charge in [-0.15, -0.1) is 11.3 Å². The third kappa shape index (κ3) is 2.75. The van der Waals surface area contributed by atoms with Crippen molar-refractivity contribution in [2.45, 2.75) is 30.2 Å². The second-order valence-electron chi connectivity index (χ2n) is 6.86. The van der Waals surface area contributed by atoms with E-state index in [1.54, 1.807) is 35.1 Å². The summed E-state index contributed by atoms with van der Waals surface area (Å²) in [7, 11) is 1.74. The van der Waals surface area contributed by atoms with Crippen LogP contribution in [0.2, 0.25) is 0 Å². The van der Waals surface area contributed by atoms with Crippen LogP contribution in [0.3, 0.4) is 0 Å². The number of phenolic OH excluding ortho intramolecular Hbond substituents is 1. The van der Waals surface area contributed by atoms with Crippen LogP contribution < -0.4 is 11.2 Å². The van der Waals surface area contributed by atoms with Crippen LogP contribution in [-0.2, 0) is 25.6 Å². The molecule has 5 rings (SSSR count). The average molecular weight is 412 g/mol. The van der Waals surface area contributed by atoms with E-state index >= 15 is 0 Å². The average Bonchev–Trinajstić information content (AvgIpc) is 3.23. The number of aryl methyl sites for hydroxylation is 2. The van der Waals surface area contributed by atoms with Gasteiger partial charge in [-0.1, -0.05) is 11.8 Å². The van der Waals surface area contributed by atoms with Crippen molar-refractivity contribution in [2.75, 3.05) is 0 Å². The molecule has 3 heterocycles. The quantitative estimate of drug-likeness (QED) is 0.314. The lowest BCUT2D eigenvalue weighted by molar-refractivity contribution is 0.473. The van der Waals surface area contributed by atoms with E-state index in [0.29, 0.717) is 16.5 Å². The van der Waals surface area contributed by atoms with Gasteiger partial charge in [-0.2, -0.15) is 0 Å². The number of nitrogens with zero attached hydrogens (tertiary/aromatic N) is 2. The van der Waals surface area contributed by atoms with Gasteiger partial charge in [0, 0.05) is 35.2 Å². The van der Waals surface area contributed by atoms with E-state index < -0.39 is 5.63 Å². The Kier molecular flexibility index (Phi) is 4.06. The van der Waals surface area contributed by atoms with E-state index in [9.17, 15) is 14.7 Å². The molecule has 142 valence electrons. The van der Waals surface area contributed by atoms with Gasteiger partial charge in [-0.25, -0.2) is 9.78 Å². The fourth-order valence-corrected chi connectivity index (χ4v) is 5.98. The maximum Gasteiger partial charge on any atom is 0.336 e. The molecule has 0 aliphatic heterocycles. The molecule has 0 unspecified atom stereocenters. The molecule has 0 spiro atoms. The van der Waals surface area contributed by atoms with E-state index in [-0.39, 0.29) is 11.3 Å². The number of hydrogen-bond donors (Lipinski definition) is 1. The summed E-state index contributed by atoms with van der Waals surface area (Å²) in [5.74, 6) is 0.504. The Balaban J connectivity index is 1.55. The number of phenols is 1. The molecule has 0 fully saturated rings. The first-order chi connectivity index (χ1) is 13.5. The van der Waals surface area contributed by atoms with Crippen molar-refractivity contribution >= 4 is 44.3 Å². The van der Waals surface area contributed by atoms with Gasteiger partial charge in [0.15, 0.2) is 5.16 Å². The summed E-state index contributed by atoms with van der Waals surface area (Å²) in [4.78, 5) is 31.6. The van der Waals surface area contributed by atoms with Gasteiger partial charge < -0.3 is 9.52 Å². The van der Waals surface area contributed by atoms with Crippen LogP contribution in [0.4, 0.5) is 0 Å². The molecule has 0 radical (unpaired) electrons. The third-order valence-electron chi connectivity index (χ3n) is 5.08. The van der Waals surface area contributed by atoms with Crippen LogP contribution in [0.1, 0.15) is 22.4 Å². The molecule has 0 amide bonds. The Morgan fingerprint density at radius 1 is 1.29 bits per heavy atom. The number of thioether (sulfide) groups is 1. The highest BCUT2D eigenvalue weighted by Crippen LogP contribution is 2.36. The Morgan fingerprint density at radius 3 is 3.00 bits per heavy atom. The lowest BCUT2D eigenvalue weighted by Gasteiger charge is -2.09. The Hall–Kier alpha value is -2.58. The molecule has 0 saturated carbocycles. The van der Waals surface area contributed by atoms with Crippen molar-refractivity contribution in [3.8, 4) is 5.75 Å². The molecule has 1 aliphatic carbocycles. The van der Waals surface area contributed by atoms with Crippen molar-refractivity contribution in [2.24, 2.45) is 7.05 Å². The number of benzene rings is 1. The normalized spacial score (nSPS) is 13.5. The molecule has 6 nitrogen and oxygen atoms in total. The molecule has 4 aromatic rings. The number of thiophene rings is 1. The fourth-order valence-electron chi connectivity index (χ4n) is 3.72. The molecular formula is C20H16N2O4S2. The smallest absolute Gasteiger partial charge is 0.336 e. The number of hydrogen-bond acceptors (Lipinski definition) is 7. The van der Waals surface area contributed by atoms with Crippen LogP contribution in [0, 0.1) is 0 Å². The Bertz CT molecular complexity index is 1370. The van der Waals surface area contributed by atoms with Crippen molar-refractivity contribution in [1.29, 1.82) is 0 Å². The second-order valence-corrected chi connectivity index (χ2v) is 8.88. The molecule has 0 saturated heterocycles. The standard InChI is InChI=1S/C20H16N2O4S2/c1-22-19(25)17-13-3-2-4-15(13)28-18(17)21-20(22)27-9-10-7-16(24)26-14-8-11(23)5-6-12(10)14/h5-8,23H,2-4,9H2,1H3. The topological polar surface area (TPSA) is 85.3 Å². The summed E-state index contributed by atoms with van der Waals surface area (Å²) in [6.07, 6.45) is 3.09. The highest BCUT2D eigenvalue weighted by Gasteiger charge is 2.22. The molecule has 3 aromatic heterocycles. The van der Waals surface area contributed by atoms with Crippen molar-refractivity contribution in [1.82, 2.24) is 9.55 Å². The highest BCUT2D eigenvalue weighted by atomic mass is 32.2. The summed E-state index contributed by atoms with van der Waals surface area (Å²) < 4.78 is 6.77. The summed E-state index contributed by atoms with van der Waals surface area (Å²) >= 11 is 3.03. The molecule has 1 aromatic carbocycles. The minimum absolute atomic E-state index is 0.00532. The Labute approximate surface area is 167 Å². The first kappa shape index (κ1) is 17.5. The van der Waals surface area contributed by atoms with Gasteiger partial charge in [-0.3, -0.25) is 9.36 Å². The predicted octanol–water partition coefficient (Wildman–Crippen LogP) is 3.59. The fraction of sp³-hybridized carbons (Fsp3) is 0.250. The number of fused-ring (bicyclic) bond motifs is 4. The molecular weight excluding hydrogens is 396 g/mol. The largest absolute Gasteiger partial charge is 0.508 e. The van der Waals surface area contributed by atoms with Crippen LogP contribution >= 0.6 is 23.1 Å². The number of rotatable bonds is 3. The zero-order valence-electron chi connectivity index (χ0n) is 15.0. The first-order valence-electron chi connectivity index (χ1n) is 8.91. The van der Waals surface area contributed by atoms with Crippen LogP contribution in [-0.4, -0.2) is 14.7 Å². The van der Waals surface area contributed by atoms with Gasteiger partial charge in [0.1, 0.15) is 16.2 Å². The van der Waals surface area contributed by atoms with E-state index in [1.165, 1.54) is 34.3 Å². The van der Waals surface area contributed by atoms with Gasteiger partial charge in [-0.05, 0) is 42.5 Å². The minimum Gasteiger partial charge on any atom is -0.508 e. The van der Waals surface area contributed by atoms with Crippen LogP contribution in [0.5, 0.6) is 5.75 Å². The molecule has 1 aliphatic rings. The zero-order valence-corrected chi connectivity index (χ0v) is 16.7. The predicted molar refractivity (Wildman–Crippen MR) is 111 cm³/mol. The SMILES string of the molecule is Cn1c(SCc2cc(=O)oc3cc(O)ccc23)nc2sc3c(c2c1=O)CCC3. The molecule has 1 N–H and O–H groups in total. The minimum atomic E-state index is -0.472. The third-order valence-corrected chi connectivity index (χ3v) is 7.34. The summed E-state index contributed by atoms with van der Waals surface area (Å²) in [5, 5.41) is 11.8.